The van der Waals surface area contributed by atoms with Crippen LogP contribution >= 0.6 is 0 Å². The molecule has 0 aliphatic heterocycles. The Balaban J connectivity index is 3.27. The fraction of sp³-hybridized carbons (Fsp3) is 0.300. The molecule has 0 atom stereocenters. The number of hydrogen-bond acceptors (Lipinski definition) is 3. The zero-order valence-corrected chi connectivity index (χ0v) is 8.30. The Morgan fingerprint density at radius 1 is 1.53 bits per heavy atom. The number of halogens is 2. The van der Waals surface area contributed by atoms with Crippen molar-refractivity contribution in [3.8, 4) is 11.5 Å². The van der Waals surface area contributed by atoms with E-state index in [0.29, 0.717) is 0 Å². The summed E-state index contributed by atoms with van der Waals surface area (Å²) in [5.74, 6) is -3.82. The summed E-state index contributed by atoms with van der Waals surface area (Å²) >= 11 is 0. The highest BCUT2D eigenvalue weighted by Gasteiger charge is 2.19. The minimum absolute atomic E-state index is 0.0849. The monoisotopic (exact) mass is 216 g/mol. The number of benzene rings is 1. The Labute approximate surface area is 85.3 Å². The van der Waals surface area contributed by atoms with Gasteiger partial charge in [-0.05, 0) is 13.0 Å². The van der Waals surface area contributed by atoms with Crippen LogP contribution in [-0.4, -0.2) is 18.0 Å². The molecule has 1 aromatic carbocycles. The summed E-state index contributed by atoms with van der Waals surface area (Å²) in [5, 5.41) is 9.31. The van der Waals surface area contributed by atoms with Crippen LogP contribution < -0.4 is 4.74 Å². The van der Waals surface area contributed by atoms with Gasteiger partial charge >= 0.3 is 0 Å². The first-order valence-electron chi connectivity index (χ1n) is 4.20. The van der Waals surface area contributed by atoms with Crippen LogP contribution in [0, 0.1) is 11.6 Å². The summed E-state index contributed by atoms with van der Waals surface area (Å²) in [6.45, 7) is 1.26. The van der Waals surface area contributed by atoms with E-state index in [9.17, 15) is 18.7 Å². The van der Waals surface area contributed by atoms with Crippen molar-refractivity contribution in [2.45, 2.75) is 13.3 Å². The van der Waals surface area contributed by atoms with E-state index in [4.69, 9.17) is 0 Å². The molecule has 0 fully saturated rings. The van der Waals surface area contributed by atoms with Crippen LogP contribution in [0.2, 0.25) is 0 Å². The molecule has 0 bridgehead atoms. The average molecular weight is 216 g/mol. The smallest absolute Gasteiger partial charge is 0.209 e. The summed E-state index contributed by atoms with van der Waals surface area (Å²) in [5.41, 5.74) is -0.0849. The number of Topliss-reactive ketones (excluding diaryl/α,β-unsaturated/α-hetero) is 1. The molecule has 0 aliphatic carbocycles. The number of carbonyl (C=O) groups excluding carboxylic acids is 1. The number of phenols is 1. The minimum Gasteiger partial charge on any atom is -0.505 e. The van der Waals surface area contributed by atoms with Crippen molar-refractivity contribution < 1.29 is 23.4 Å². The fourth-order valence-electron chi connectivity index (χ4n) is 1.23. The second kappa shape index (κ2) is 4.25. The molecular formula is C10H10F2O3. The molecule has 3 nitrogen and oxygen atoms in total. The molecule has 0 aromatic heterocycles. The average Bonchev–Trinajstić information content (AvgIpc) is 2.14. The highest BCUT2D eigenvalue weighted by molar-refractivity contribution is 5.79. The van der Waals surface area contributed by atoms with Gasteiger partial charge in [0.2, 0.25) is 5.82 Å². The maximum Gasteiger partial charge on any atom is 0.209 e. The summed E-state index contributed by atoms with van der Waals surface area (Å²) < 4.78 is 30.8. The Kier molecular flexibility index (Phi) is 3.24. The molecule has 0 amide bonds. The van der Waals surface area contributed by atoms with Gasteiger partial charge in [-0.15, -0.1) is 0 Å². The van der Waals surface area contributed by atoms with E-state index in [2.05, 4.69) is 4.74 Å². The molecule has 0 saturated heterocycles. The third-order valence-electron chi connectivity index (χ3n) is 1.87. The number of phenolic OH excluding ortho intramolecular Hbond substituents is 1. The van der Waals surface area contributed by atoms with Crippen LogP contribution in [0.3, 0.4) is 0 Å². The number of carbonyl (C=O) groups is 1. The van der Waals surface area contributed by atoms with Gasteiger partial charge in [0, 0.05) is 12.0 Å². The van der Waals surface area contributed by atoms with Gasteiger partial charge in [0.15, 0.2) is 17.3 Å². The fourth-order valence-corrected chi connectivity index (χ4v) is 1.23. The largest absolute Gasteiger partial charge is 0.505 e. The highest BCUT2D eigenvalue weighted by Crippen LogP contribution is 2.32. The van der Waals surface area contributed by atoms with Gasteiger partial charge in [0.1, 0.15) is 5.78 Å². The number of aromatic hydroxyl groups is 1. The third kappa shape index (κ3) is 2.23. The second-order valence-corrected chi connectivity index (χ2v) is 3.09. The molecule has 0 radical (unpaired) electrons. The number of hydrogen-bond donors (Lipinski definition) is 1. The normalized spacial score (nSPS) is 10.1. The van der Waals surface area contributed by atoms with Gasteiger partial charge in [0.25, 0.3) is 0 Å². The first kappa shape index (κ1) is 11.4. The van der Waals surface area contributed by atoms with Gasteiger partial charge in [-0.25, -0.2) is 4.39 Å². The predicted molar refractivity (Wildman–Crippen MR) is 49.0 cm³/mol. The van der Waals surface area contributed by atoms with Crippen molar-refractivity contribution in [1.29, 1.82) is 0 Å². The first-order chi connectivity index (χ1) is 6.97. The van der Waals surface area contributed by atoms with E-state index in [1.165, 1.54) is 6.92 Å². The van der Waals surface area contributed by atoms with Gasteiger partial charge in [0.05, 0.1) is 7.11 Å². The molecule has 0 spiro atoms. The molecule has 0 saturated carbocycles. The van der Waals surface area contributed by atoms with E-state index < -0.39 is 23.1 Å². The van der Waals surface area contributed by atoms with E-state index in [-0.39, 0.29) is 17.8 Å². The Hall–Kier alpha value is -1.65. The van der Waals surface area contributed by atoms with E-state index in [1.807, 2.05) is 0 Å². The van der Waals surface area contributed by atoms with Crippen LogP contribution in [-0.2, 0) is 11.2 Å². The van der Waals surface area contributed by atoms with Crippen molar-refractivity contribution in [3.05, 3.63) is 23.3 Å². The van der Waals surface area contributed by atoms with Gasteiger partial charge in [-0.2, -0.15) is 4.39 Å². The molecule has 1 aromatic rings. The number of methoxy groups -OCH3 is 1. The molecule has 5 heteroatoms. The lowest BCUT2D eigenvalue weighted by Gasteiger charge is -2.08. The van der Waals surface area contributed by atoms with Crippen LogP contribution in [0.4, 0.5) is 8.78 Å². The van der Waals surface area contributed by atoms with Gasteiger partial charge in [-0.3, -0.25) is 4.79 Å². The Morgan fingerprint density at radius 3 is 2.60 bits per heavy atom. The van der Waals surface area contributed by atoms with Gasteiger partial charge in [-0.1, -0.05) is 0 Å². The molecular weight excluding hydrogens is 206 g/mol. The topological polar surface area (TPSA) is 46.5 Å². The Morgan fingerprint density at radius 2 is 2.13 bits per heavy atom. The van der Waals surface area contributed by atoms with Crippen LogP contribution in [0.25, 0.3) is 0 Å². The summed E-state index contributed by atoms with van der Waals surface area (Å²) in [7, 11) is 1.09. The molecule has 1 rings (SSSR count). The third-order valence-corrected chi connectivity index (χ3v) is 1.87. The lowest BCUT2D eigenvalue weighted by molar-refractivity contribution is -0.116. The molecule has 0 heterocycles. The molecule has 1 N–H and O–H groups in total. The van der Waals surface area contributed by atoms with Crippen LogP contribution in [0.1, 0.15) is 12.5 Å². The summed E-state index contributed by atoms with van der Waals surface area (Å²) in [6.07, 6.45) is -0.219. The van der Waals surface area contributed by atoms with Crippen LogP contribution in [0.15, 0.2) is 6.07 Å². The second-order valence-electron chi connectivity index (χ2n) is 3.09. The molecule has 82 valence electrons. The molecule has 15 heavy (non-hydrogen) atoms. The Bertz CT molecular complexity index is 402. The molecule has 0 unspecified atom stereocenters. The predicted octanol–water partition coefficient (Wildman–Crippen LogP) is 1.81. The minimum atomic E-state index is -1.19. The van der Waals surface area contributed by atoms with Crippen molar-refractivity contribution in [1.82, 2.24) is 0 Å². The lowest BCUT2D eigenvalue weighted by Crippen LogP contribution is -2.01. The van der Waals surface area contributed by atoms with Gasteiger partial charge < -0.3 is 9.84 Å². The molecule has 0 aliphatic rings. The van der Waals surface area contributed by atoms with Crippen molar-refractivity contribution in [2.75, 3.05) is 7.11 Å². The number of ether oxygens (including phenoxy) is 1. The SMILES string of the molecule is COc1c(F)cc(CC(C)=O)c(O)c1F. The van der Waals surface area contributed by atoms with E-state index >= 15 is 0 Å². The zero-order valence-electron chi connectivity index (χ0n) is 8.30. The number of rotatable bonds is 3. The lowest BCUT2D eigenvalue weighted by atomic mass is 10.1. The first-order valence-corrected chi connectivity index (χ1v) is 4.20. The van der Waals surface area contributed by atoms with E-state index in [1.54, 1.807) is 0 Å². The summed E-state index contributed by atoms with van der Waals surface area (Å²) in [6, 6.07) is 0.888. The van der Waals surface area contributed by atoms with E-state index in [0.717, 1.165) is 13.2 Å². The zero-order chi connectivity index (χ0) is 11.6. The maximum absolute atomic E-state index is 13.2. The van der Waals surface area contributed by atoms with Crippen molar-refractivity contribution in [3.63, 3.8) is 0 Å². The number of ketones is 1. The van der Waals surface area contributed by atoms with Crippen LogP contribution in [0.5, 0.6) is 11.5 Å². The quantitative estimate of drug-likeness (QED) is 0.838. The standard InChI is InChI=1S/C10H10F2O3/c1-5(13)3-6-4-7(11)10(15-2)8(12)9(6)14/h4,14H,3H2,1-2H3. The van der Waals surface area contributed by atoms with Crippen molar-refractivity contribution >= 4 is 5.78 Å². The highest BCUT2D eigenvalue weighted by atomic mass is 19.1. The maximum atomic E-state index is 13.2. The van der Waals surface area contributed by atoms with Crippen molar-refractivity contribution in [2.24, 2.45) is 0 Å². The summed E-state index contributed by atoms with van der Waals surface area (Å²) in [4.78, 5) is 10.8.